The van der Waals surface area contributed by atoms with Gasteiger partial charge in [-0.3, -0.25) is 0 Å². The Kier molecular flexibility index (Phi) is 3.19. The van der Waals surface area contributed by atoms with Gasteiger partial charge in [-0.2, -0.15) is 0 Å². The van der Waals surface area contributed by atoms with E-state index in [0.717, 1.165) is 11.1 Å². The van der Waals surface area contributed by atoms with Gasteiger partial charge in [0, 0.05) is 10.9 Å². The van der Waals surface area contributed by atoms with E-state index >= 15 is 0 Å². The number of fused-ring (bicyclic) bond motifs is 1. The highest BCUT2D eigenvalue weighted by Crippen LogP contribution is 2.34. The molecule has 5 heteroatoms. The first-order valence-electron chi connectivity index (χ1n) is 5.49. The number of aryl methyl sites for hydroxylation is 1. The Bertz CT molecular complexity index is 538. The predicted octanol–water partition coefficient (Wildman–Crippen LogP) is 2.40. The van der Waals surface area contributed by atoms with E-state index in [4.69, 9.17) is 9.47 Å². The van der Waals surface area contributed by atoms with E-state index in [-0.39, 0.29) is 0 Å². The number of ether oxygens (including phenoxy) is 2. The SMILES string of the molecule is COC(=O)C1(C)Cc2c(C)ccc(Br)c2C(=O)O1. The molecule has 0 saturated heterocycles. The van der Waals surface area contributed by atoms with E-state index in [1.165, 1.54) is 7.11 Å². The highest BCUT2D eigenvalue weighted by atomic mass is 79.9. The number of methoxy groups -OCH3 is 1. The largest absolute Gasteiger partial charge is 0.466 e. The molecular formula is C13H13BrO4. The summed E-state index contributed by atoms with van der Waals surface area (Å²) in [6.07, 6.45) is 0.325. The Labute approximate surface area is 113 Å². The Morgan fingerprint density at radius 2 is 2.17 bits per heavy atom. The summed E-state index contributed by atoms with van der Waals surface area (Å²) in [5.41, 5.74) is 1.04. The monoisotopic (exact) mass is 312 g/mol. The molecule has 0 aliphatic carbocycles. The second kappa shape index (κ2) is 4.39. The molecule has 0 spiro atoms. The lowest BCUT2D eigenvalue weighted by molar-refractivity contribution is -0.161. The minimum absolute atomic E-state index is 0.325. The topological polar surface area (TPSA) is 52.6 Å². The third-order valence-electron chi connectivity index (χ3n) is 3.15. The van der Waals surface area contributed by atoms with E-state index in [0.29, 0.717) is 16.5 Å². The minimum Gasteiger partial charge on any atom is -0.466 e. The molecule has 1 heterocycles. The minimum atomic E-state index is -1.25. The molecule has 4 nitrogen and oxygen atoms in total. The number of benzene rings is 1. The molecule has 96 valence electrons. The maximum Gasteiger partial charge on any atom is 0.350 e. The van der Waals surface area contributed by atoms with Gasteiger partial charge < -0.3 is 9.47 Å². The van der Waals surface area contributed by atoms with Crippen molar-refractivity contribution in [2.75, 3.05) is 7.11 Å². The summed E-state index contributed by atoms with van der Waals surface area (Å²) in [5, 5.41) is 0. The number of carbonyl (C=O) groups excluding carboxylic acids is 2. The van der Waals surface area contributed by atoms with Crippen LogP contribution in [0.3, 0.4) is 0 Å². The average Bonchev–Trinajstić information content (AvgIpc) is 2.32. The van der Waals surface area contributed by atoms with Crippen LogP contribution in [0.15, 0.2) is 16.6 Å². The van der Waals surface area contributed by atoms with Crippen molar-refractivity contribution in [3.63, 3.8) is 0 Å². The molecule has 1 aliphatic heterocycles. The van der Waals surface area contributed by atoms with Crippen molar-refractivity contribution in [3.05, 3.63) is 33.3 Å². The van der Waals surface area contributed by atoms with Crippen molar-refractivity contribution in [2.45, 2.75) is 25.9 Å². The molecule has 0 aromatic heterocycles. The standard InChI is InChI=1S/C13H13BrO4/c1-7-4-5-9(14)10-8(7)6-13(2,12(16)17-3)18-11(10)15/h4-5H,6H2,1-3H3. The van der Waals surface area contributed by atoms with E-state index in [1.807, 2.05) is 13.0 Å². The van der Waals surface area contributed by atoms with Crippen molar-refractivity contribution in [1.29, 1.82) is 0 Å². The van der Waals surface area contributed by atoms with Crippen LogP contribution in [0.5, 0.6) is 0 Å². The number of rotatable bonds is 1. The molecule has 0 bridgehead atoms. The molecular weight excluding hydrogens is 300 g/mol. The van der Waals surface area contributed by atoms with Crippen LogP contribution >= 0.6 is 15.9 Å². The quantitative estimate of drug-likeness (QED) is 0.747. The van der Waals surface area contributed by atoms with Gasteiger partial charge in [-0.15, -0.1) is 0 Å². The normalized spacial score (nSPS) is 22.1. The molecule has 0 radical (unpaired) electrons. The smallest absolute Gasteiger partial charge is 0.350 e. The Morgan fingerprint density at radius 3 is 2.78 bits per heavy atom. The van der Waals surface area contributed by atoms with Gasteiger partial charge in [0.25, 0.3) is 0 Å². The fraction of sp³-hybridized carbons (Fsp3) is 0.385. The van der Waals surface area contributed by atoms with Crippen LogP contribution in [-0.4, -0.2) is 24.6 Å². The zero-order chi connectivity index (χ0) is 13.5. The zero-order valence-electron chi connectivity index (χ0n) is 10.4. The lowest BCUT2D eigenvalue weighted by Gasteiger charge is -2.33. The first-order chi connectivity index (χ1) is 8.39. The average molecular weight is 313 g/mol. The summed E-state index contributed by atoms with van der Waals surface area (Å²) in [4.78, 5) is 23.8. The van der Waals surface area contributed by atoms with Crippen molar-refractivity contribution in [2.24, 2.45) is 0 Å². The van der Waals surface area contributed by atoms with Crippen molar-refractivity contribution in [1.82, 2.24) is 0 Å². The number of carbonyl (C=O) groups is 2. The summed E-state index contributed by atoms with van der Waals surface area (Å²) in [6, 6.07) is 3.70. The van der Waals surface area contributed by atoms with Gasteiger partial charge in [0.15, 0.2) is 0 Å². The van der Waals surface area contributed by atoms with Gasteiger partial charge in [0.05, 0.1) is 12.7 Å². The number of cyclic esters (lactones) is 1. The van der Waals surface area contributed by atoms with Crippen LogP contribution in [0.1, 0.15) is 28.4 Å². The molecule has 0 saturated carbocycles. The molecule has 2 rings (SSSR count). The zero-order valence-corrected chi connectivity index (χ0v) is 12.0. The summed E-state index contributed by atoms with van der Waals surface area (Å²) < 4.78 is 10.6. The predicted molar refractivity (Wildman–Crippen MR) is 68.4 cm³/mol. The molecule has 1 aliphatic rings. The summed E-state index contributed by atoms with van der Waals surface area (Å²) in [5.74, 6) is -1.04. The van der Waals surface area contributed by atoms with E-state index in [2.05, 4.69) is 15.9 Å². The molecule has 1 aromatic rings. The summed E-state index contributed by atoms with van der Waals surface area (Å²) in [6.45, 7) is 3.47. The highest BCUT2D eigenvalue weighted by molar-refractivity contribution is 9.10. The van der Waals surface area contributed by atoms with E-state index < -0.39 is 17.5 Å². The van der Waals surface area contributed by atoms with Gasteiger partial charge in [0.1, 0.15) is 0 Å². The number of hydrogen-bond donors (Lipinski definition) is 0. The molecule has 0 fully saturated rings. The maximum absolute atomic E-state index is 12.0. The first kappa shape index (κ1) is 13.1. The van der Waals surface area contributed by atoms with Crippen LogP contribution in [0, 0.1) is 6.92 Å². The number of hydrogen-bond acceptors (Lipinski definition) is 4. The lowest BCUT2D eigenvalue weighted by Crippen LogP contribution is -2.47. The van der Waals surface area contributed by atoms with Gasteiger partial charge in [-0.05, 0) is 47.0 Å². The third kappa shape index (κ3) is 1.92. The second-order valence-electron chi connectivity index (χ2n) is 4.51. The summed E-state index contributed by atoms with van der Waals surface area (Å²) >= 11 is 3.33. The molecule has 0 N–H and O–H groups in total. The second-order valence-corrected chi connectivity index (χ2v) is 5.36. The van der Waals surface area contributed by atoms with Gasteiger partial charge in [-0.1, -0.05) is 6.07 Å². The van der Waals surface area contributed by atoms with Crippen molar-refractivity contribution >= 4 is 27.9 Å². The fourth-order valence-corrected chi connectivity index (χ4v) is 2.66. The van der Waals surface area contributed by atoms with Gasteiger partial charge in [-0.25, -0.2) is 9.59 Å². The highest BCUT2D eigenvalue weighted by Gasteiger charge is 2.44. The Balaban J connectivity index is 2.55. The Hall–Kier alpha value is -1.36. The van der Waals surface area contributed by atoms with Crippen molar-refractivity contribution in [3.8, 4) is 0 Å². The van der Waals surface area contributed by atoms with Gasteiger partial charge >= 0.3 is 11.9 Å². The lowest BCUT2D eigenvalue weighted by atomic mass is 9.87. The fourth-order valence-electron chi connectivity index (χ4n) is 2.13. The first-order valence-corrected chi connectivity index (χ1v) is 6.28. The molecule has 1 atom stereocenters. The Morgan fingerprint density at radius 1 is 1.50 bits per heavy atom. The van der Waals surface area contributed by atoms with Crippen LogP contribution in [0.2, 0.25) is 0 Å². The molecule has 18 heavy (non-hydrogen) atoms. The van der Waals surface area contributed by atoms with E-state index in [1.54, 1.807) is 13.0 Å². The molecule has 1 aromatic carbocycles. The molecule has 1 unspecified atom stereocenters. The molecule has 0 amide bonds. The van der Waals surface area contributed by atoms with Crippen molar-refractivity contribution < 1.29 is 19.1 Å². The number of halogens is 1. The van der Waals surface area contributed by atoms with E-state index in [9.17, 15) is 9.59 Å². The summed E-state index contributed by atoms with van der Waals surface area (Å²) in [7, 11) is 1.28. The van der Waals surface area contributed by atoms with Crippen LogP contribution in [0.4, 0.5) is 0 Å². The maximum atomic E-state index is 12.0. The van der Waals surface area contributed by atoms with Crippen LogP contribution in [-0.2, 0) is 20.7 Å². The third-order valence-corrected chi connectivity index (χ3v) is 3.81. The van der Waals surface area contributed by atoms with Gasteiger partial charge in [0.2, 0.25) is 5.60 Å². The van der Waals surface area contributed by atoms with Crippen LogP contribution in [0.25, 0.3) is 0 Å². The number of esters is 2. The van der Waals surface area contributed by atoms with Crippen LogP contribution < -0.4 is 0 Å².